The maximum absolute atomic E-state index is 10.9. The molecule has 0 spiro atoms. The van der Waals surface area contributed by atoms with Crippen molar-refractivity contribution in [2.24, 2.45) is 0 Å². The van der Waals surface area contributed by atoms with Crippen LogP contribution in [0.15, 0.2) is 24.3 Å². The average molecular weight is 222 g/mol. The third-order valence-corrected chi connectivity index (χ3v) is 2.19. The zero-order valence-corrected chi connectivity index (χ0v) is 9.27. The van der Waals surface area contributed by atoms with Crippen molar-refractivity contribution >= 4 is 5.91 Å². The highest BCUT2D eigenvalue weighted by Gasteiger charge is 2.18. The molecule has 0 saturated carbocycles. The van der Waals surface area contributed by atoms with Crippen molar-refractivity contribution in [2.45, 2.75) is 19.9 Å². The molecule has 1 atom stereocenters. The van der Waals surface area contributed by atoms with E-state index < -0.39 is 11.0 Å². The summed E-state index contributed by atoms with van der Waals surface area (Å²) in [6.07, 6.45) is 0. The Kier molecular flexibility index (Phi) is 3.99. The van der Waals surface area contributed by atoms with E-state index in [4.69, 9.17) is 0 Å². The van der Waals surface area contributed by atoms with E-state index >= 15 is 0 Å². The lowest BCUT2D eigenvalue weighted by Crippen LogP contribution is -2.31. The third kappa shape index (κ3) is 3.68. The van der Waals surface area contributed by atoms with Gasteiger partial charge < -0.3 is 5.32 Å². The lowest BCUT2D eigenvalue weighted by molar-refractivity contribution is -0.484. The molecule has 5 nitrogen and oxygen atoms in total. The molecule has 1 aromatic rings. The minimum atomic E-state index is -0.562. The molecule has 0 radical (unpaired) electrons. The SMILES string of the molecule is CC(=O)N[C@H](C[N+](=O)[O-])c1ccc(C)cc1. The molecule has 0 aromatic heterocycles. The summed E-state index contributed by atoms with van der Waals surface area (Å²) in [6.45, 7) is 2.98. The van der Waals surface area contributed by atoms with Gasteiger partial charge in [-0.2, -0.15) is 0 Å². The van der Waals surface area contributed by atoms with Gasteiger partial charge in [0.25, 0.3) is 0 Å². The highest BCUT2D eigenvalue weighted by atomic mass is 16.6. The van der Waals surface area contributed by atoms with Crippen molar-refractivity contribution in [1.82, 2.24) is 5.32 Å². The van der Waals surface area contributed by atoms with Crippen LogP contribution < -0.4 is 5.32 Å². The van der Waals surface area contributed by atoms with Crippen molar-refractivity contribution in [3.8, 4) is 0 Å². The Morgan fingerprint density at radius 2 is 2.00 bits per heavy atom. The van der Waals surface area contributed by atoms with Gasteiger partial charge in [-0.3, -0.25) is 14.9 Å². The summed E-state index contributed by atoms with van der Waals surface area (Å²) in [4.78, 5) is 21.0. The third-order valence-electron chi connectivity index (χ3n) is 2.19. The van der Waals surface area contributed by atoms with Crippen molar-refractivity contribution in [2.75, 3.05) is 6.54 Å². The number of rotatable bonds is 4. The first kappa shape index (κ1) is 12.2. The van der Waals surface area contributed by atoms with Crippen LogP contribution in [-0.4, -0.2) is 17.4 Å². The lowest BCUT2D eigenvalue weighted by Gasteiger charge is -2.14. The largest absolute Gasteiger partial charge is 0.343 e. The van der Waals surface area contributed by atoms with Crippen molar-refractivity contribution in [3.05, 3.63) is 45.5 Å². The van der Waals surface area contributed by atoms with Crippen LogP contribution in [0.2, 0.25) is 0 Å². The van der Waals surface area contributed by atoms with E-state index in [1.54, 1.807) is 12.1 Å². The molecule has 0 aliphatic carbocycles. The van der Waals surface area contributed by atoms with Crippen LogP contribution in [0.4, 0.5) is 0 Å². The molecular formula is C11H14N2O3. The second kappa shape index (κ2) is 5.25. The number of benzene rings is 1. The Morgan fingerprint density at radius 3 is 2.44 bits per heavy atom. The monoisotopic (exact) mass is 222 g/mol. The Morgan fingerprint density at radius 1 is 1.44 bits per heavy atom. The molecule has 0 bridgehead atoms. The van der Waals surface area contributed by atoms with E-state index in [2.05, 4.69) is 5.32 Å². The molecule has 0 heterocycles. The highest BCUT2D eigenvalue weighted by Crippen LogP contribution is 2.14. The Hall–Kier alpha value is -1.91. The number of carbonyl (C=O) groups is 1. The van der Waals surface area contributed by atoms with Gasteiger partial charge in [-0.15, -0.1) is 0 Å². The van der Waals surface area contributed by atoms with Gasteiger partial charge in [0.15, 0.2) is 0 Å². The summed E-state index contributed by atoms with van der Waals surface area (Å²) in [5, 5.41) is 13.1. The minimum absolute atomic E-state index is 0.271. The number of aryl methyl sites for hydroxylation is 1. The molecule has 16 heavy (non-hydrogen) atoms. The molecule has 5 heteroatoms. The summed E-state index contributed by atoms with van der Waals surface area (Å²) in [7, 11) is 0. The molecule has 1 N–H and O–H groups in total. The first-order valence-electron chi connectivity index (χ1n) is 4.94. The summed E-state index contributed by atoms with van der Waals surface area (Å²) in [6, 6.07) is 6.75. The fourth-order valence-electron chi connectivity index (χ4n) is 1.43. The van der Waals surface area contributed by atoms with Crippen LogP contribution in [0.25, 0.3) is 0 Å². The zero-order valence-electron chi connectivity index (χ0n) is 9.27. The lowest BCUT2D eigenvalue weighted by atomic mass is 10.1. The van der Waals surface area contributed by atoms with Gasteiger partial charge in [0.05, 0.1) is 0 Å². The second-order valence-electron chi connectivity index (χ2n) is 3.68. The summed E-state index contributed by atoms with van der Waals surface area (Å²) < 4.78 is 0. The fraction of sp³-hybridized carbons (Fsp3) is 0.364. The van der Waals surface area contributed by atoms with E-state index in [1.165, 1.54) is 6.92 Å². The number of nitro groups is 1. The number of carbonyl (C=O) groups excluding carboxylic acids is 1. The molecule has 86 valence electrons. The van der Waals surface area contributed by atoms with E-state index in [1.807, 2.05) is 19.1 Å². The van der Waals surface area contributed by atoms with Gasteiger partial charge in [-0.1, -0.05) is 29.8 Å². The molecule has 0 aliphatic heterocycles. The normalized spacial score (nSPS) is 11.9. The molecule has 0 fully saturated rings. The van der Waals surface area contributed by atoms with Crippen molar-refractivity contribution in [1.29, 1.82) is 0 Å². The number of hydrogen-bond acceptors (Lipinski definition) is 3. The maximum atomic E-state index is 10.9. The minimum Gasteiger partial charge on any atom is -0.343 e. The second-order valence-corrected chi connectivity index (χ2v) is 3.68. The van der Waals surface area contributed by atoms with Crippen LogP contribution in [0.3, 0.4) is 0 Å². The van der Waals surface area contributed by atoms with E-state index in [0.717, 1.165) is 11.1 Å². The number of hydrogen-bond donors (Lipinski definition) is 1. The highest BCUT2D eigenvalue weighted by molar-refractivity contribution is 5.73. The van der Waals surface area contributed by atoms with Gasteiger partial charge >= 0.3 is 0 Å². The number of nitrogens with zero attached hydrogens (tertiary/aromatic N) is 1. The van der Waals surface area contributed by atoms with Crippen LogP contribution >= 0.6 is 0 Å². The van der Waals surface area contributed by atoms with Crippen LogP contribution in [0.5, 0.6) is 0 Å². The van der Waals surface area contributed by atoms with Crippen LogP contribution in [-0.2, 0) is 4.79 Å². The first-order chi connectivity index (χ1) is 7.49. The Bertz CT molecular complexity index is 371. The zero-order chi connectivity index (χ0) is 12.1. The van der Waals surface area contributed by atoms with Gasteiger partial charge in [-0.05, 0) is 12.5 Å². The fourth-order valence-corrected chi connectivity index (χ4v) is 1.43. The summed E-state index contributed by atoms with van der Waals surface area (Å²) >= 11 is 0. The molecule has 0 aliphatic rings. The van der Waals surface area contributed by atoms with Gasteiger partial charge in [0.2, 0.25) is 12.5 Å². The Balaban J connectivity index is 2.86. The van der Waals surface area contributed by atoms with Crippen LogP contribution in [0, 0.1) is 17.0 Å². The number of amides is 1. The quantitative estimate of drug-likeness (QED) is 0.619. The van der Waals surface area contributed by atoms with Crippen molar-refractivity contribution in [3.63, 3.8) is 0 Å². The van der Waals surface area contributed by atoms with Crippen molar-refractivity contribution < 1.29 is 9.72 Å². The van der Waals surface area contributed by atoms with Gasteiger partial charge in [0.1, 0.15) is 6.04 Å². The molecule has 1 aromatic carbocycles. The molecule has 1 rings (SSSR count). The van der Waals surface area contributed by atoms with E-state index in [0.29, 0.717) is 0 Å². The maximum Gasteiger partial charge on any atom is 0.227 e. The average Bonchev–Trinajstić information content (AvgIpc) is 2.16. The number of nitrogens with one attached hydrogen (secondary N) is 1. The van der Waals surface area contributed by atoms with Gasteiger partial charge in [-0.25, -0.2) is 0 Å². The summed E-state index contributed by atoms with van der Waals surface area (Å²) in [5.41, 5.74) is 1.82. The standard InChI is InChI=1S/C11H14N2O3/c1-8-3-5-10(6-4-8)11(7-13(15)16)12-9(2)14/h3-6,11H,7H2,1-2H3,(H,12,14)/t11-/m1/s1. The predicted octanol–water partition coefficient (Wildman–Crippen LogP) is 1.45. The molecule has 1 amide bonds. The summed E-state index contributed by atoms with van der Waals surface area (Å²) in [5.74, 6) is -0.271. The van der Waals surface area contributed by atoms with Crippen LogP contribution in [0.1, 0.15) is 24.1 Å². The molecular weight excluding hydrogens is 208 g/mol. The van der Waals surface area contributed by atoms with E-state index in [-0.39, 0.29) is 12.5 Å². The molecule has 0 saturated heterocycles. The Labute approximate surface area is 93.6 Å². The predicted molar refractivity (Wildman–Crippen MR) is 59.6 cm³/mol. The first-order valence-corrected chi connectivity index (χ1v) is 4.94. The smallest absolute Gasteiger partial charge is 0.227 e. The van der Waals surface area contributed by atoms with Gasteiger partial charge in [0, 0.05) is 11.8 Å². The van der Waals surface area contributed by atoms with E-state index in [9.17, 15) is 14.9 Å². The topological polar surface area (TPSA) is 72.2 Å². The molecule has 0 unspecified atom stereocenters.